The molecule has 1 nitrogen and oxygen atoms in total. The molecule has 0 heterocycles. The van der Waals surface area contributed by atoms with E-state index >= 15 is 0 Å². The van der Waals surface area contributed by atoms with Crippen LogP contribution in [0.5, 0.6) is 0 Å². The molecule has 0 fully saturated rings. The lowest BCUT2D eigenvalue weighted by atomic mass is 10.2. The molecule has 0 radical (unpaired) electrons. The number of hydrogen-bond acceptors (Lipinski definition) is 1. The first kappa shape index (κ1) is 18.4. The molecule has 18 heavy (non-hydrogen) atoms. The van der Waals surface area contributed by atoms with Crippen LogP contribution in [0.1, 0.15) is 62.3 Å². The van der Waals surface area contributed by atoms with Gasteiger partial charge in [-0.25, -0.2) is 0 Å². The Bertz CT molecular complexity index is 246. The predicted molar refractivity (Wildman–Crippen MR) is 91.4 cm³/mol. The van der Waals surface area contributed by atoms with Crippen LogP contribution in [0.3, 0.4) is 0 Å². The third-order valence-electron chi connectivity index (χ3n) is 3.94. The summed E-state index contributed by atoms with van der Waals surface area (Å²) in [4.78, 5) is 0. The Morgan fingerprint density at radius 2 is 0.778 bits per heavy atom. The Kier molecular flexibility index (Phi) is 4.85. The SMILES string of the molecule is CC(C)(C)[Si](N[Si](C)(C)C)(C(C)(C)C)C(C)(C)C. The first-order valence-electron chi connectivity index (χ1n) is 7.25. The average molecular weight is 288 g/mol. The molecule has 0 unspecified atom stereocenters. The molecule has 0 amide bonds. The van der Waals surface area contributed by atoms with Crippen molar-refractivity contribution in [3.8, 4) is 0 Å². The standard InChI is InChI=1S/C15H37NSi2/c1-13(2,3)18(14(4,5)6,15(7,8)9)16-17(10,11)12/h16H,1-12H3. The summed E-state index contributed by atoms with van der Waals surface area (Å²) in [5.74, 6) is 0. The van der Waals surface area contributed by atoms with E-state index in [0.717, 1.165) is 0 Å². The van der Waals surface area contributed by atoms with Crippen molar-refractivity contribution in [3.05, 3.63) is 0 Å². The molecule has 3 heteroatoms. The van der Waals surface area contributed by atoms with Gasteiger partial charge in [-0.3, -0.25) is 0 Å². The molecule has 0 aliphatic carbocycles. The first-order valence-corrected chi connectivity index (χ1v) is 12.8. The Hall–Kier alpha value is 0.394. The summed E-state index contributed by atoms with van der Waals surface area (Å²) in [7, 11) is -3.03. The van der Waals surface area contributed by atoms with Gasteiger partial charge in [-0.05, 0) is 15.1 Å². The fourth-order valence-electron chi connectivity index (χ4n) is 4.50. The fourth-order valence-corrected chi connectivity index (χ4v) is 20.2. The van der Waals surface area contributed by atoms with Gasteiger partial charge in [0, 0.05) is 0 Å². The summed E-state index contributed by atoms with van der Waals surface area (Å²) < 4.78 is 4.27. The molecule has 0 aliphatic heterocycles. The number of hydrogen-bond donors (Lipinski definition) is 1. The van der Waals surface area contributed by atoms with E-state index in [2.05, 4.69) is 86.6 Å². The molecule has 0 aromatic carbocycles. The van der Waals surface area contributed by atoms with E-state index in [1.54, 1.807) is 0 Å². The molecule has 0 atom stereocenters. The normalized spacial score (nSPS) is 16.0. The minimum absolute atomic E-state index is 0.351. The van der Waals surface area contributed by atoms with Crippen molar-refractivity contribution in [2.24, 2.45) is 0 Å². The van der Waals surface area contributed by atoms with E-state index in [4.69, 9.17) is 0 Å². The maximum atomic E-state index is 4.27. The van der Waals surface area contributed by atoms with Gasteiger partial charge in [0.1, 0.15) is 16.5 Å². The highest BCUT2D eigenvalue weighted by atomic mass is 28.4. The second kappa shape index (κ2) is 4.74. The molecule has 0 aromatic heterocycles. The number of rotatable bonds is 2. The Morgan fingerprint density at radius 3 is 0.833 bits per heavy atom. The average Bonchev–Trinajstić information content (AvgIpc) is 1.90. The van der Waals surface area contributed by atoms with Crippen LogP contribution >= 0.6 is 0 Å². The van der Waals surface area contributed by atoms with Crippen molar-refractivity contribution in [1.29, 1.82) is 0 Å². The van der Waals surface area contributed by atoms with Crippen LogP contribution in [0.2, 0.25) is 34.8 Å². The molecule has 0 spiro atoms. The molecular formula is C15H37NSi2. The molecule has 110 valence electrons. The summed E-state index contributed by atoms with van der Waals surface area (Å²) in [6.07, 6.45) is 0. The minimum atomic E-state index is -1.72. The van der Waals surface area contributed by atoms with Gasteiger partial charge in [0.15, 0.2) is 0 Å². The van der Waals surface area contributed by atoms with E-state index in [0.29, 0.717) is 15.1 Å². The molecule has 0 rings (SSSR count). The Labute approximate surface area is 118 Å². The van der Waals surface area contributed by atoms with Gasteiger partial charge in [0.2, 0.25) is 0 Å². The van der Waals surface area contributed by atoms with Crippen molar-refractivity contribution in [1.82, 2.24) is 4.65 Å². The van der Waals surface area contributed by atoms with Gasteiger partial charge in [0.25, 0.3) is 0 Å². The summed E-state index contributed by atoms with van der Waals surface area (Å²) in [6.45, 7) is 29.4. The summed E-state index contributed by atoms with van der Waals surface area (Å²) in [5, 5.41) is 1.05. The van der Waals surface area contributed by atoms with Gasteiger partial charge in [-0.1, -0.05) is 82.0 Å². The highest BCUT2D eigenvalue weighted by Gasteiger charge is 2.60. The molecule has 1 N–H and O–H groups in total. The maximum absolute atomic E-state index is 4.27. The summed E-state index contributed by atoms with van der Waals surface area (Å²) in [6, 6.07) is 0. The lowest BCUT2D eigenvalue weighted by Crippen LogP contribution is -2.73. The third-order valence-corrected chi connectivity index (χ3v) is 15.2. The van der Waals surface area contributed by atoms with Crippen LogP contribution in [-0.2, 0) is 0 Å². The summed E-state index contributed by atoms with van der Waals surface area (Å²) in [5.41, 5.74) is 0. The van der Waals surface area contributed by atoms with E-state index in [-0.39, 0.29) is 0 Å². The fraction of sp³-hybridized carbons (Fsp3) is 1.00. The molecule has 0 saturated heterocycles. The van der Waals surface area contributed by atoms with E-state index in [9.17, 15) is 0 Å². The highest BCUT2D eigenvalue weighted by molar-refractivity contribution is 6.96. The lowest BCUT2D eigenvalue weighted by Gasteiger charge is -2.61. The highest BCUT2D eigenvalue weighted by Crippen LogP contribution is 2.60. The van der Waals surface area contributed by atoms with Crippen molar-refractivity contribution < 1.29 is 0 Å². The van der Waals surface area contributed by atoms with E-state index in [1.807, 2.05) is 0 Å². The zero-order valence-electron chi connectivity index (χ0n) is 15.0. The van der Waals surface area contributed by atoms with Gasteiger partial charge < -0.3 is 4.65 Å². The van der Waals surface area contributed by atoms with Gasteiger partial charge in [0.05, 0.1) is 0 Å². The van der Waals surface area contributed by atoms with E-state index < -0.39 is 16.5 Å². The largest absolute Gasteiger partial charge is 0.358 e. The molecular weight excluding hydrogens is 250 g/mol. The monoisotopic (exact) mass is 287 g/mol. The van der Waals surface area contributed by atoms with Crippen molar-refractivity contribution >= 4 is 16.5 Å². The predicted octanol–water partition coefficient (Wildman–Crippen LogP) is 5.76. The van der Waals surface area contributed by atoms with Crippen molar-refractivity contribution in [3.63, 3.8) is 0 Å². The van der Waals surface area contributed by atoms with Crippen molar-refractivity contribution in [2.45, 2.75) is 97.1 Å². The van der Waals surface area contributed by atoms with Crippen LogP contribution in [0.25, 0.3) is 0 Å². The smallest absolute Gasteiger partial charge is 0.135 e. The maximum Gasteiger partial charge on any atom is 0.135 e. The second-order valence-corrected chi connectivity index (χ2v) is 21.4. The van der Waals surface area contributed by atoms with Crippen LogP contribution in [0.15, 0.2) is 0 Å². The van der Waals surface area contributed by atoms with Crippen molar-refractivity contribution in [2.75, 3.05) is 0 Å². The second-order valence-electron chi connectivity index (χ2n) is 9.88. The molecule has 0 aromatic rings. The Morgan fingerprint density at radius 1 is 0.556 bits per heavy atom. The van der Waals surface area contributed by atoms with Crippen LogP contribution < -0.4 is 4.65 Å². The van der Waals surface area contributed by atoms with Gasteiger partial charge in [-0.2, -0.15) is 0 Å². The lowest BCUT2D eigenvalue weighted by molar-refractivity contribution is 0.520. The van der Waals surface area contributed by atoms with Crippen LogP contribution in [-0.4, -0.2) is 16.5 Å². The minimum Gasteiger partial charge on any atom is -0.358 e. The zero-order chi connectivity index (χ0) is 15.2. The van der Waals surface area contributed by atoms with Crippen LogP contribution in [0.4, 0.5) is 0 Å². The Balaban J connectivity index is 6.10. The summed E-state index contributed by atoms with van der Waals surface area (Å²) >= 11 is 0. The van der Waals surface area contributed by atoms with Gasteiger partial charge >= 0.3 is 0 Å². The van der Waals surface area contributed by atoms with Gasteiger partial charge in [-0.15, -0.1) is 0 Å². The van der Waals surface area contributed by atoms with E-state index in [1.165, 1.54) is 0 Å². The first-order chi connectivity index (χ1) is 7.46. The number of nitrogens with one attached hydrogen (secondary N) is 1. The topological polar surface area (TPSA) is 12.0 Å². The quantitative estimate of drug-likeness (QED) is 0.637. The third kappa shape index (κ3) is 3.48. The van der Waals surface area contributed by atoms with Crippen LogP contribution in [0, 0.1) is 0 Å². The molecule has 0 bridgehead atoms. The molecule has 0 aliphatic rings. The zero-order valence-corrected chi connectivity index (χ0v) is 17.0. The molecule has 0 saturated carbocycles.